The number of aromatic nitrogens is 2. The molecule has 0 saturated heterocycles. The number of carbonyl (C=O) groups excluding carboxylic acids is 2. The number of rotatable bonds is 5. The van der Waals surface area contributed by atoms with Gasteiger partial charge in [0.2, 0.25) is 5.91 Å². The number of halogens is 3. The third-order valence-corrected chi connectivity index (χ3v) is 6.46. The lowest BCUT2D eigenvalue weighted by Crippen LogP contribution is -2.41. The number of hydrogen-bond acceptors (Lipinski definition) is 5. The lowest BCUT2D eigenvalue weighted by molar-refractivity contribution is -0.181. The Balaban J connectivity index is 1.66. The first kappa shape index (κ1) is 24.9. The molecule has 0 radical (unpaired) electrons. The van der Waals surface area contributed by atoms with Gasteiger partial charge in [0.25, 0.3) is 5.91 Å². The number of aliphatic hydroxyl groups excluding tert-OH is 1. The van der Waals surface area contributed by atoms with Crippen LogP contribution in [0.15, 0.2) is 36.0 Å². The van der Waals surface area contributed by atoms with E-state index < -0.39 is 36.9 Å². The molecule has 0 bridgehead atoms. The molecular formula is C24H28F3N5O3. The summed E-state index contributed by atoms with van der Waals surface area (Å²) in [4.78, 5) is 26.6. The van der Waals surface area contributed by atoms with E-state index in [9.17, 15) is 27.9 Å². The molecule has 35 heavy (non-hydrogen) atoms. The molecule has 2 heterocycles. The lowest BCUT2D eigenvalue weighted by atomic mass is 9.83. The third kappa shape index (κ3) is 5.10. The second-order valence-electron chi connectivity index (χ2n) is 9.18. The average Bonchev–Trinajstić information content (AvgIpc) is 3.22. The highest BCUT2D eigenvalue weighted by Crippen LogP contribution is 2.42. The molecule has 2 aromatic rings. The molecule has 0 saturated carbocycles. The van der Waals surface area contributed by atoms with Gasteiger partial charge in [0, 0.05) is 37.8 Å². The van der Waals surface area contributed by atoms with E-state index in [2.05, 4.69) is 10.4 Å². The van der Waals surface area contributed by atoms with Gasteiger partial charge in [-0.25, -0.2) is 0 Å². The molecule has 2 unspecified atom stereocenters. The molecule has 1 aromatic heterocycles. The number of nitrogens with two attached hydrogens (primary N) is 1. The molecular weight excluding hydrogens is 463 g/mol. The van der Waals surface area contributed by atoms with E-state index >= 15 is 0 Å². The fourth-order valence-corrected chi connectivity index (χ4v) is 4.73. The Morgan fingerprint density at radius 2 is 1.91 bits per heavy atom. The van der Waals surface area contributed by atoms with Crippen LogP contribution in [0.4, 0.5) is 13.2 Å². The van der Waals surface area contributed by atoms with Gasteiger partial charge in [-0.05, 0) is 37.0 Å². The first-order valence-electron chi connectivity index (χ1n) is 11.4. The molecule has 11 heteroatoms. The summed E-state index contributed by atoms with van der Waals surface area (Å²) in [7, 11) is 0. The van der Waals surface area contributed by atoms with Gasteiger partial charge >= 0.3 is 6.18 Å². The van der Waals surface area contributed by atoms with Crippen molar-refractivity contribution in [2.24, 2.45) is 11.7 Å². The second kappa shape index (κ2) is 9.46. The first-order valence-corrected chi connectivity index (χ1v) is 11.4. The smallest absolute Gasteiger partial charge is 0.388 e. The summed E-state index contributed by atoms with van der Waals surface area (Å²) in [5.74, 6) is -2.61. The van der Waals surface area contributed by atoms with Crippen molar-refractivity contribution in [3.8, 4) is 0 Å². The van der Waals surface area contributed by atoms with E-state index in [1.165, 1.54) is 17.7 Å². The van der Waals surface area contributed by atoms with Crippen LogP contribution in [0, 0.1) is 5.92 Å². The zero-order valence-corrected chi connectivity index (χ0v) is 19.5. The third-order valence-electron chi connectivity index (χ3n) is 6.46. The molecule has 4 N–H and O–H groups in total. The average molecular weight is 492 g/mol. The zero-order chi connectivity index (χ0) is 25.5. The van der Waals surface area contributed by atoms with E-state index in [0.717, 1.165) is 11.1 Å². The maximum atomic E-state index is 13.4. The largest absolute Gasteiger partial charge is 0.392 e. The number of nitrogens with zero attached hydrogens (tertiary/aromatic N) is 3. The predicted molar refractivity (Wildman–Crippen MR) is 122 cm³/mol. The van der Waals surface area contributed by atoms with Crippen LogP contribution in [0.2, 0.25) is 0 Å². The minimum absolute atomic E-state index is 0.0222. The van der Waals surface area contributed by atoms with Gasteiger partial charge < -0.3 is 21.1 Å². The molecule has 1 aliphatic heterocycles. The number of allylic oxidation sites excluding steroid dienone is 1. The van der Waals surface area contributed by atoms with Crippen LogP contribution in [0.3, 0.4) is 0 Å². The minimum Gasteiger partial charge on any atom is -0.388 e. The molecule has 188 valence electrons. The van der Waals surface area contributed by atoms with Crippen LogP contribution >= 0.6 is 0 Å². The number of amides is 2. The van der Waals surface area contributed by atoms with Crippen LogP contribution < -0.4 is 11.1 Å². The number of carbonyl (C=O) groups is 2. The predicted octanol–water partition coefficient (Wildman–Crippen LogP) is 2.74. The summed E-state index contributed by atoms with van der Waals surface area (Å²) in [5.41, 5.74) is 8.12. The van der Waals surface area contributed by atoms with Gasteiger partial charge in [-0.1, -0.05) is 24.3 Å². The van der Waals surface area contributed by atoms with Gasteiger partial charge in [-0.3, -0.25) is 14.3 Å². The summed E-state index contributed by atoms with van der Waals surface area (Å²) in [5, 5.41) is 17.6. The van der Waals surface area contributed by atoms with Gasteiger partial charge in [0.05, 0.1) is 23.8 Å². The SMILES string of the molecule is CC(=O)NC1=C(c2cc3n(n2)[C@@H](C)CN(Cc2ccc(CN)cc2)C3=O)C(O)CC(C(F)(F)F)C1. The summed E-state index contributed by atoms with van der Waals surface area (Å²) in [6.07, 6.45) is -7.03. The summed E-state index contributed by atoms with van der Waals surface area (Å²) >= 11 is 0. The fourth-order valence-electron chi connectivity index (χ4n) is 4.73. The first-order chi connectivity index (χ1) is 16.5. The van der Waals surface area contributed by atoms with Crippen molar-refractivity contribution in [2.75, 3.05) is 6.54 Å². The molecule has 1 aliphatic carbocycles. The van der Waals surface area contributed by atoms with Gasteiger partial charge in [-0.2, -0.15) is 18.3 Å². The molecule has 4 rings (SSSR count). The van der Waals surface area contributed by atoms with Crippen molar-refractivity contribution in [1.82, 2.24) is 20.0 Å². The van der Waals surface area contributed by atoms with E-state index in [4.69, 9.17) is 5.73 Å². The summed E-state index contributed by atoms with van der Waals surface area (Å²) < 4.78 is 41.7. The normalized spacial score (nSPS) is 22.9. The van der Waals surface area contributed by atoms with Crippen molar-refractivity contribution in [3.05, 3.63) is 58.5 Å². The Bertz CT molecular complexity index is 1160. The van der Waals surface area contributed by atoms with Crippen molar-refractivity contribution in [3.63, 3.8) is 0 Å². The monoisotopic (exact) mass is 491 g/mol. The summed E-state index contributed by atoms with van der Waals surface area (Å²) in [6, 6.07) is 8.92. The van der Waals surface area contributed by atoms with Crippen LogP contribution in [-0.2, 0) is 17.9 Å². The highest BCUT2D eigenvalue weighted by molar-refractivity contribution is 5.94. The van der Waals surface area contributed by atoms with Crippen molar-refractivity contribution in [2.45, 2.75) is 58.1 Å². The molecule has 0 fully saturated rings. The highest BCUT2D eigenvalue weighted by Gasteiger charge is 2.45. The molecule has 3 atom stereocenters. The summed E-state index contributed by atoms with van der Waals surface area (Å²) in [6.45, 7) is 4.27. The second-order valence-corrected chi connectivity index (χ2v) is 9.18. The van der Waals surface area contributed by atoms with Crippen LogP contribution in [-0.4, -0.2) is 50.4 Å². The Hall–Kier alpha value is -3.18. The number of alkyl halides is 3. The fraction of sp³-hybridized carbons (Fsp3) is 0.458. The van der Waals surface area contributed by atoms with E-state index in [1.807, 2.05) is 31.2 Å². The number of aliphatic hydroxyl groups is 1. The Morgan fingerprint density at radius 3 is 2.51 bits per heavy atom. The number of nitrogens with one attached hydrogen (secondary N) is 1. The number of hydrogen-bond donors (Lipinski definition) is 3. The quantitative estimate of drug-likeness (QED) is 0.595. The molecule has 8 nitrogen and oxygen atoms in total. The van der Waals surface area contributed by atoms with Gasteiger partial charge in [0.1, 0.15) is 5.69 Å². The molecule has 1 aromatic carbocycles. The molecule has 2 amide bonds. The maximum Gasteiger partial charge on any atom is 0.392 e. The zero-order valence-electron chi connectivity index (χ0n) is 19.5. The topological polar surface area (TPSA) is 113 Å². The van der Waals surface area contributed by atoms with Crippen molar-refractivity contribution >= 4 is 17.4 Å². The maximum absolute atomic E-state index is 13.4. The van der Waals surface area contributed by atoms with Gasteiger partial charge in [0.15, 0.2) is 0 Å². The lowest BCUT2D eigenvalue weighted by Gasteiger charge is -2.32. The van der Waals surface area contributed by atoms with Crippen molar-refractivity contribution in [1.29, 1.82) is 0 Å². The van der Waals surface area contributed by atoms with Crippen LogP contribution in [0.25, 0.3) is 5.57 Å². The van der Waals surface area contributed by atoms with Crippen LogP contribution in [0.1, 0.15) is 60.0 Å². The Kier molecular flexibility index (Phi) is 6.74. The molecule has 2 aliphatic rings. The number of fused-ring (bicyclic) bond motifs is 1. The van der Waals surface area contributed by atoms with E-state index in [1.54, 1.807) is 4.90 Å². The van der Waals surface area contributed by atoms with Crippen LogP contribution in [0.5, 0.6) is 0 Å². The van der Waals surface area contributed by atoms with Crippen molar-refractivity contribution < 1.29 is 27.9 Å². The Morgan fingerprint density at radius 1 is 1.26 bits per heavy atom. The minimum atomic E-state index is -4.52. The van der Waals surface area contributed by atoms with E-state index in [-0.39, 0.29) is 34.6 Å². The standard InChI is InChI=1S/C24H28F3N5O3/c1-13-11-31(12-16-5-3-15(10-28)4-6-16)23(35)20-9-19(30-32(13)20)22-18(29-14(2)33)7-17(8-21(22)34)24(25,26)27/h3-6,9,13,17,21,34H,7-8,10-12,28H2,1-2H3,(H,29,33)/t13-,17?,21?/m0/s1. The van der Waals surface area contributed by atoms with E-state index in [0.29, 0.717) is 19.6 Å². The highest BCUT2D eigenvalue weighted by atomic mass is 19.4. The molecule has 0 spiro atoms. The number of benzene rings is 1. The van der Waals surface area contributed by atoms with Gasteiger partial charge in [-0.15, -0.1) is 0 Å². The Labute approximate surface area is 200 Å².